The molecule has 1 aromatic carbocycles. The van der Waals surface area contributed by atoms with Crippen molar-refractivity contribution in [2.45, 2.75) is 110 Å². The topological polar surface area (TPSA) is 0 Å². The second-order valence-corrected chi connectivity index (χ2v) is 7.35. The predicted molar refractivity (Wildman–Crippen MR) is 105 cm³/mol. The average Bonchev–Trinajstić information content (AvgIpc) is 2.60. The van der Waals surface area contributed by atoms with Crippen LogP contribution >= 0.6 is 0 Å². The smallest absolute Gasteiger partial charge is 0.00442 e. The highest BCUT2D eigenvalue weighted by molar-refractivity contribution is 5.35. The standard InChI is InChI=1S/C23H40/c1-5-9-15-21-16-13-14-17-22(21)23(18-10-6-2,19-11-7-3)20-12-8-4/h13-14,16-17H,5-12,15,18-20H2,1-4H3. The van der Waals surface area contributed by atoms with E-state index in [0.717, 1.165) is 0 Å². The van der Waals surface area contributed by atoms with Gasteiger partial charge in [0, 0.05) is 0 Å². The Kier molecular flexibility index (Phi) is 10.3. The molecule has 0 bridgehead atoms. The van der Waals surface area contributed by atoms with E-state index in [-0.39, 0.29) is 0 Å². The van der Waals surface area contributed by atoms with Crippen molar-refractivity contribution in [3.05, 3.63) is 35.4 Å². The summed E-state index contributed by atoms with van der Waals surface area (Å²) in [6.07, 6.45) is 16.1. The van der Waals surface area contributed by atoms with E-state index in [1.54, 1.807) is 11.1 Å². The van der Waals surface area contributed by atoms with Crippen LogP contribution < -0.4 is 0 Å². The van der Waals surface area contributed by atoms with E-state index in [4.69, 9.17) is 0 Å². The van der Waals surface area contributed by atoms with Gasteiger partial charge in [0.05, 0.1) is 0 Å². The molecule has 1 rings (SSSR count). The van der Waals surface area contributed by atoms with Crippen LogP contribution in [0.1, 0.15) is 109 Å². The van der Waals surface area contributed by atoms with Crippen molar-refractivity contribution >= 4 is 0 Å². The van der Waals surface area contributed by atoms with Crippen molar-refractivity contribution in [1.82, 2.24) is 0 Å². The van der Waals surface area contributed by atoms with Gasteiger partial charge in [0.1, 0.15) is 0 Å². The molecule has 0 radical (unpaired) electrons. The third kappa shape index (κ3) is 6.32. The zero-order valence-corrected chi connectivity index (χ0v) is 16.3. The summed E-state index contributed by atoms with van der Waals surface area (Å²) in [5, 5.41) is 0. The Morgan fingerprint density at radius 2 is 1.13 bits per heavy atom. The van der Waals surface area contributed by atoms with Gasteiger partial charge >= 0.3 is 0 Å². The summed E-state index contributed by atoms with van der Waals surface area (Å²) >= 11 is 0. The van der Waals surface area contributed by atoms with Crippen molar-refractivity contribution in [2.75, 3.05) is 0 Å². The van der Waals surface area contributed by atoms with Crippen molar-refractivity contribution in [3.8, 4) is 0 Å². The summed E-state index contributed by atoms with van der Waals surface area (Å²) in [5.41, 5.74) is 3.77. The van der Waals surface area contributed by atoms with E-state index < -0.39 is 0 Å². The fraction of sp³-hybridized carbons (Fsp3) is 0.739. The van der Waals surface area contributed by atoms with Crippen molar-refractivity contribution in [3.63, 3.8) is 0 Å². The van der Waals surface area contributed by atoms with Gasteiger partial charge in [0.25, 0.3) is 0 Å². The monoisotopic (exact) mass is 316 g/mol. The lowest BCUT2D eigenvalue weighted by Crippen LogP contribution is -2.28. The highest BCUT2D eigenvalue weighted by Crippen LogP contribution is 2.42. The van der Waals surface area contributed by atoms with Crippen LogP contribution in [-0.4, -0.2) is 0 Å². The van der Waals surface area contributed by atoms with Gasteiger partial charge in [0.2, 0.25) is 0 Å². The molecule has 0 saturated heterocycles. The van der Waals surface area contributed by atoms with Crippen LogP contribution in [-0.2, 0) is 11.8 Å². The van der Waals surface area contributed by atoms with Crippen LogP contribution in [0.4, 0.5) is 0 Å². The molecule has 23 heavy (non-hydrogen) atoms. The molecule has 0 spiro atoms. The fourth-order valence-corrected chi connectivity index (χ4v) is 3.95. The zero-order valence-electron chi connectivity index (χ0n) is 16.3. The van der Waals surface area contributed by atoms with Gasteiger partial charge in [0.15, 0.2) is 0 Å². The van der Waals surface area contributed by atoms with Gasteiger partial charge in [-0.2, -0.15) is 0 Å². The molecule has 1 aromatic rings. The van der Waals surface area contributed by atoms with Crippen LogP contribution in [0.5, 0.6) is 0 Å². The SMILES string of the molecule is CCCCc1ccccc1C(CCCC)(CCCC)CCCC. The first-order valence-electron chi connectivity index (χ1n) is 10.3. The minimum Gasteiger partial charge on any atom is -0.0654 e. The fourth-order valence-electron chi connectivity index (χ4n) is 3.95. The summed E-state index contributed by atoms with van der Waals surface area (Å²) in [6.45, 7) is 9.33. The maximum atomic E-state index is 2.46. The Hall–Kier alpha value is -0.780. The minimum absolute atomic E-state index is 0.437. The molecule has 0 N–H and O–H groups in total. The second kappa shape index (κ2) is 11.7. The average molecular weight is 317 g/mol. The van der Waals surface area contributed by atoms with Crippen molar-refractivity contribution in [1.29, 1.82) is 0 Å². The zero-order chi connectivity index (χ0) is 17.0. The third-order valence-corrected chi connectivity index (χ3v) is 5.42. The summed E-state index contributed by atoms with van der Waals surface area (Å²) in [7, 11) is 0. The first kappa shape index (κ1) is 20.3. The molecule has 0 saturated carbocycles. The van der Waals surface area contributed by atoms with Crippen LogP contribution in [0.15, 0.2) is 24.3 Å². The van der Waals surface area contributed by atoms with Crippen molar-refractivity contribution in [2.24, 2.45) is 0 Å². The summed E-state index contributed by atoms with van der Waals surface area (Å²) in [4.78, 5) is 0. The Labute approximate surface area is 146 Å². The molecule has 0 heteroatoms. The molecule has 0 aliphatic carbocycles. The molecule has 0 aliphatic rings. The molecule has 0 nitrogen and oxygen atoms in total. The number of hydrogen-bond donors (Lipinski definition) is 0. The van der Waals surface area contributed by atoms with Crippen LogP contribution in [0.2, 0.25) is 0 Å². The van der Waals surface area contributed by atoms with Gasteiger partial charge in [-0.15, -0.1) is 0 Å². The van der Waals surface area contributed by atoms with E-state index in [2.05, 4.69) is 52.0 Å². The molecule has 0 atom stereocenters. The minimum atomic E-state index is 0.437. The molecule has 0 unspecified atom stereocenters. The summed E-state index contributed by atoms with van der Waals surface area (Å²) in [5.74, 6) is 0. The Morgan fingerprint density at radius 3 is 1.61 bits per heavy atom. The van der Waals surface area contributed by atoms with E-state index >= 15 is 0 Å². The molecule has 0 aliphatic heterocycles. The summed E-state index contributed by atoms with van der Waals surface area (Å²) < 4.78 is 0. The number of unbranched alkanes of at least 4 members (excludes halogenated alkanes) is 4. The number of aryl methyl sites for hydroxylation is 1. The molecule has 132 valence electrons. The predicted octanol–water partition coefficient (Wildman–Crippen LogP) is 7.84. The normalized spacial score (nSPS) is 11.8. The van der Waals surface area contributed by atoms with Crippen molar-refractivity contribution < 1.29 is 0 Å². The molecular weight excluding hydrogens is 276 g/mol. The quantitative estimate of drug-likeness (QED) is 0.347. The Morgan fingerprint density at radius 1 is 0.652 bits per heavy atom. The third-order valence-electron chi connectivity index (χ3n) is 5.42. The first-order chi connectivity index (χ1) is 11.2. The molecule has 0 amide bonds. The lowest BCUT2D eigenvalue weighted by Gasteiger charge is -2.37. The largest absolute Gasteiger partial charge is 0.0654 e. The van der Waals surface area contributed by atoms with Crippen LogP contribution in [0.3, 0.4) is 0 Å². The van der Waals surface area contributed by atoms with Crippen LogP contribution in [0, 0.1) is 0 Å². The Balaban J connectivity index is 3.17. The molecule has 0 aromatic heterocycles. The molecular formula is C23H40. The molecule has 0 fully saturated rings. The lowest BCUT2D eigenvalue weighted by molar-refractivity contribution is 0.307. The number of rotatable bonds is 13. The van der Waals surface area contributed by atoms with Gasteiger partial charge in [-0.25, -0.2) is 0 Å². The van der Waals surface area contributed by atoms with E-state index in [0.29, 0.717) is 5.41 Å². The Bertz CT molecular complexity index is 382. The first-order valence-corrected chi connectivity index (χ1v) is 10.3. The highest BCUT2D eigenvalue weighted by Gasteiger charge is 2.32. The van der Waals surface area contributed by atoms with E-state index in [1.807, 2.05) is 0 Å². The summed E-state index contributed by atoms with van der Waals surface area (Å²) in [6, 6.07) is 9.40. The molecule has 0 heterocycles. The van der Waals surface area contributed by atoms with Gasteiger partial charge in [-0.1, -0.05) is 96.9 Å². The van der Waals surface area contributed by atoms with E-state index in [1.165, 1.54) is 77.0 Å². The van der Waals surface area contributed by atoms with Gasteiger partial charge in [-0.05, 0) is 48.6 Å². The maximum Gasteiger partial charge on any atom is -0.00442 e. The number of benzene rings is 1. The number of hydrogen-bond acceptors (Lipinski definition) is 0. The second-order valence-electron chi connectivity index (χ2n) is 7.35. The highest BCUT2D eigenvalue weighted by atomic mass is 14.4. The van der Waals surface area contributed by atoms with Crippen LogP contribution in [0.25, 0.3) is 0 Å². The van der Waals surface area contributed by atoms with E-state index in [9.17, 15) is 0 Å². The van der Waals surface area contributed by atoms with Gasteiger partial charge in [-0.3, -0.25) is 0 Å². The maximum absolute atomic E-state index is 2.46. The van der Waals surface area contributed by atoms with Gasteiger partial charge < -0.3 is 0 Å². The lowest BCUT2D eigenvalue weighted by atomic mass is 9.68.